The van der Waals surface area contributed by atoms with Crippen molar-refractivity contribution < 1.29 is 4.79 Å². The Kier molecular flexibility index (Phi) is 6.34. The summed E-state index contributed by atoms with van der Waals surface area (Å²) in [6, 6.07) is 16.0. The number of thioether (sulfide) groups is 1. The van der Waals surface area contributed by atoms with Crippen LogP contribution in [0.1, 0.15) is 26.8 Å². The number of rotatable bonds is 6. The fraction of sp³-hybridized carbons (Fsp3) is 0.217. The van der Waals surface area contributed by atoms with Gasteiger partial charge in [-0.1, -0.05) is 41.6 Å². The highest BCUT2D eigenvalue weighted by molar-refractivity contribution is 8.00. The summed E-state index contributed by atoms with van der Waals surface area (Å²) >= 11 is 7.39. The predicted octanol–water partition coefficient (Wildman–Crippen LogP) is 4.94. The van der Waals surface area contributed by atoms with Gasteiger partial charge in [0.2, 0.25) is 5.91 Å². The van der Waals surface area contributed by atoms with Gasteiger partial charge in [0.1, 0.15) is 5.82 Å². The normalized spacial score (nSPS) is 12.3. The van der Waals surface area contributed by atoms with Crippen molar-refractivity contribution in [3.63, 3.8) is 0 Å². The van der Waals surface area contributed by atoms with Crippen molar-refractivity contribution in [2.24, 2.45) is 0 Å². The molecule has 4 aromatic rings. The van der Waals surface area contributed by atoms with Gasteiger partial charge in [0.15, 0.2) is 5.16 Å². The first-order valence-corrected chi connectivity index (χ1v) is 11.4. The Morgan fingerprint density at radius 1 is 1.09 bits per heavy atom. The second-order valence-corrected chi connectivity index (χ2v) is 9.28. The second-order valence-electron chi connectivity index (χ2n) is 7.54. The fourth-order valence-electron chi connectivity index (χ4n) is 3.30. The van der Waals surface area contributed by atoms with Crippen LogP contribution in [0.15, 0.2) is 70.7 Å². The number of hydrogen-bond donors (Lipinski definition) is 1. The molecule has 2 aromatic heterocycles. The Morgan fingerprint density at radius 2 is 1.88 bits per heavy atom. The number of nitrogens with zero attached hydrogens (tertiary/aromatic N) is 4. The van der Waals surface area contributed by atoms with Crippen LogP contribution in [0.25, 0.3) is 16.6 Å². The first kappa shape index (κ1) is 22.1. The van der Waals surface area contributed by atoms with E-state index in [1.807, 2.05) is 19.9 Å². The summed E-state index contributed by atoms with van der Waals surface area (Å²) < 4.78 is 3.24. The molecule has 0 spiro atoms. The van der Waals surface area contributed by atoms with Crippen molar-refractivity contribution in [1.82, 2.24) is 19.3 Å². The van der Waals surface area contributed by atoms with Crippen molar-refractivity contribution >= 4 is 46.0 Å². The van der Waals surface area contributed by atoms with Crippen molar-refractivity contribution in [3.8, 4) is 5.69 Å². The van der Waals surface area contributed by atoms with E-state index in [0.717, 1.165) is 0 Å². The maximum atomic E-state index is 13.3. The third kappa shape index (κ3) is 4.42. The van der Waals surface area contributed by atoms with Gasteiger partial charge in [-0.2, -0.15) is 5.10 Å². The molecular weight excluding hydrogens is 446 g/mol. The molecule has 1 amide bonds. The average molecular weight is 468 g/mol. The lowest BCUT2D eigenvalue weighted by Crippen LogP contribution is -2.27. The Morgan fingerprint density at radius 3 is 2.62 bits per heavy atom. The zero-order valence-corrected chi connectivity index (χ0v) is 19.4. The number of aromatic nitrogens is 4. The number of halogens is 1. The number of para-hydroxylation sites is 1. The first-order chi connectivity index (χ1) is 15.3. The number of carbonyl (C=O) groups is 1. The zero-order valence-electron chi connectivity index (χ0n) is 17.8. The van der Waals surface area contributed by atoms with E-state index in [4.69, 9.17) is 16.6 Å². The molecule has 1 atom stereocenters. The van der Waals surface area contributed by atoms with Crippen LogP contribution in [0.4, 0.5) is 5.82 Å². The van der Waals surface area contributed by atoms with E-state index in [9.17, 15) is 9.59 Å². The van der Waals surface area contributed by atoms with Crippen LogP contribution in [0.2, 0.25) is 5.02 Å². The van der Waals surface area contributed by atoms with E-state index in [1.54, 1.807) is 66.3 Å². The zero-order chi connectivity index (χ0) is 22.8. The summed E-state index contributed by atoms with van der Waals surface area (Å²) in [5.74, 6) is 0.411. The van der Waals surface area contributed by atoms with Crippen molar-refractivity contribution in [3.05, 3.63) is 76.2 Å². The van der Waals surface area contributed by atoms with Crippen molar-refractivity contribution in [2.45, 2.75) is 37.2 Å². The molecule has 0 radical (unpaired) electrons. The average Bonchev–Trinajstić information content (AvgIpc) is 3.22. The summed E-state index contributed by atoms with van der Waals surface area (Å²) in [6.45, 7) is 5.76. The Balaban J connectivity index is 1.71. The van der Waals surface area contributed by atoms with Crippen molar-refractivity contribution in [2.75, 3.05) is 5.32 Å². The topological polar surface area (TPSA) is 81.8 Å². The standard InChI is InChI=1S/C23H22ClN5O2S/c1-14(2)29-20(11-12-25-29)27-21(30)15(3)32-23-26-19-10-5-4-9-18(19)22(31)28(23)17-8-6-7-16(24)13-17/h4-15H,1-3H3,(H,27,30). The highest BCUT2D eigenvalue weighted by atomic mass is 35.5. The van der Waals surface area contributed by atoms with Gasteiger partial charge in [0.05, 0.1) is 28.0 Å². The number of carbonyl (C=O) groups excluding carboxylic acids is 1. The van der Waals surface area contributed by atoms with Crippen LogP contribution in [0.5, 0.6) is 0 Å². The second kappa shape index (κ2) is 9.18. The van der Waals surface area contributed by atoms with Crippen LogP contribution in [-0.4, -0.2) is 30.5 Å². The molecule has 0 aliphatic rings. The number of benzene rings is 2. The molecule has 7 nitrogen and oxygen atoms in total. The lowest BCUT2D eigenvalue weighted by atomic mass is 10.2. The molecule has 0 aliphatic carbocycles. The predicted molar refractivity (Wildman–Crippen MR) is 129 cm³/mol. The third-order valence-corrected chi connectivity index (χ3v) is 6.16. The molecule has 0 aliphatic heterocycles. The van der Waals surface area contributed by atoms with Gasteiger partial charge in [-0.3, -0.25) is 14.2 Å². The van der Waals surface area contributed by atoms with Crippen molar-refractivity contribution in [1.29, 1.82) is 0 Å². The Hall–Kier alpha value is -3.10. The monoisotopic (exact) mass is 467 g/mol. The summed E-state index contributed by atoms with van der Waals surface area (Å²) in [6.07, 6.45) is 1.65. The van der Waals surface area contributed by atoms with Gasteiger partial charge in [-0.05, 0) is 51.1 Å². The Bertz CT molecular complexity index is 1350. The van der Waals surface area contributed by atoms with E-state index in [1.165, 1.54) is 16.3 Å². The molecule has 0 bridgehead atoms. The Labute approximate surface area is 194 Å². The molecule has 2 heterocycles. The van der Waals surface area contributed by atoms with Gasteiger partial charge >= 0.3 is 0 Å². The molecule has 2 aromatic carbocycles. The molecule has 1 N–H and O–H groups in total. The summed E-state index contributed by atoms with van der Waals surface area (Å²) in [4.78, 5) is 31.0. The van der Waals surface area contributed by atoms with Gasteiger partial charge < -0.3 is 5.32 Å². The summed E-state index contributed by atoms with van der Waals surface area (Å²) in [5.41, 5.74) is 0.948. The third-order valence-electron chi connectivity index (χ3n) is 4.87. The smallest absolute Gasteiger partial charge is 0.266 e. The molecule has 0 saturated carbocycles. The molecule has 1 unspecified atom stereocenters. The number of amides is 1. The number of anilines is 1. The van der Waals surface area contributed by atoms with Crippen LogP contribution in [0, 0.1) is 0 Å². The van der Waals surface area contributed by atoms with Gasteiger partial charge in [-0.25, -0.2) is 9.67 Å². The van der Waals surface area contributed by atoms with Gasteiger partial charge in [0, 0.05) is 17.1 Å². The molecule has 164 valence electrons. The maximum Gasteiger partial charge on any atom is 0.266 e. The van der Waals surface area contributed by atoms with Gasteiger partial charge in [0.25, 0.3) is 5.56 Å². The SMILES string of the molecule is CC(Sc1nc2ccccc2c(=O)n1-c1cccc(Cl)c1)C(=O)Nc1ccnn1C(C)C. The maximum absolute atomic E-state index is 13.3. The van der Waals surface area contributed by atoms with Crippen LogP contribution in [-0.2, 0) is 4.79 Å². The lowest BCUT2D eigenvalue weighted by molar-refractivity contribution is -0.115. The van der Waals surface area contributed by atoms with E-state index >= 15 is 0 Å². The van der Waals surface area contributed by atoms with Crippen LogP contribution in [0.3, 0.4) is 0 Å². The number of fused-ring (bicyclic) bond motifs is 1. The number of nitrogens with one attached hydrogen (secondary N) is 1. The molecular formula is C23H22ClN5O2S. The number of hydrogen-bond acceptors (Lipinski definition) is 5. The quantitative estimate of drug-likeness (QED) is 0.321. The molecule has 0 fully saturated rings. The highest BCUT2D eigenvalue weighted by Gasteiger charge is 2.21. The van der Waals surface area contributed by atoms with Crippen LogP contribution >= 0.6 is 23.4 Å². The fourth-order valence-corrected chi connectivity index (χ4v) is 4.41. The molecule has 32 heavy (non-hydrogen) atoms. The molecule has 0 saturated heterocycles. The minimum atomic E-state index is -0.524. The van der Waals surface area contributed by atoms with E-state index in [0.29, 0.717) is 32.6 Å². The van der Waals surface area contributed by atoms with Crippen LogP contribution < -0.4 is 10.9 Å². The summed E-state index contributed by atoms with van der Waals surface area (Å²) in [7, 11) is 0. The van der Waals surface area contributed by atoms with E-state index in [2.05, 4.69) is 10.4 Å². The highest BCUT2D eigenvalue weighted by Crippen LogP contribution is 2.27. The lowest BCUT2D eigenvalue weighted by Gasteiger charge is -2.17. The van der Waals surface area contributed by atoms with Gasteiger partial charge in [-0.15, -0.1) is 0 Å². The molecule has 4 rings (SSSR count). The largest absolute Gasteiger partial charge is 0.310 e. The summed E-state index contributed by atoms with van der Waals surface area (Å²) in [5, 5.41) is 8.05. The molecule has 9 heteroatoms. The minimum absolute atomic E-state index is 0.110. The van der Waals surface area contributed by atoms with E-state index < -0.39 is 5.25 Å². The van der Waals surface area contributed by atoms with E-state index in [-0.39, 0.29) is 17.5 Å². The first-order valence-electron chi connectivity index (χ1n) is 10.1. The minimum Gasteiger partial charge on any atom is -0.310 e.